The minimum atomic E-state index is -0.404. The molecule has 0 saturated carbocycles. The second-order valence-electron chi connectivity index (χ2n) is 5.79. The molecular formula is C19H14BrCl2NO4S. The quantitative estimate of drug-likeness (QED) is 0.500. The van der Waals surface area contributed by atoms with Crippen LogP contribution in [0.25, 0.3) is 6.08 Å². The monoisotopic (exact) mass is 501 g/mol. The van der Waals surface area contributed by atoms with E-state index in [1.165, 1.54) is 6.07 Å². The number of hydrogen-bond donors (Lipinski definition) is 1. The van der Waals surface area contributed by atoms with Crippen molar-refractivity contribution in [2.45, 2.75) is 13.5 Å². The first-order chi connectivity index (χ1) is 13.3. The Morgan fingerprint density at radius 2 is 1.96 bits per heavy atom. The van der Waals surface area contributed by atoms with E-state index in [-0.39, 0.29) is 22.4 Å². The molecule has 1 aliphatic heterocycles. The predicted molar refractivity (Wildman–Crippen MR) is 115 cm³/mol. The number of phenolic OH excluding ortho intramolecular Hbond substituents is 1. The molecule has 0 bridgehead atoms. The number of thioether (sulfide) groups is 1. The summed E-state index contributed by atoms with van der Waals surface area (Å²) >= 11 is 16.1. The molecule has 9 heteroatoms. The minimum Gasteiger partial charge on any atom is -0.504 e. The Bertz CT molecular complexity index is 996. The number of amides is 2. The van der Waals surface area contributed by atoms with E-state index in [1.807, 2.05) is 0 Å². The predicted octanol–water partition coefficient (Wildman–Crippen LogP) is 6.10. The van der Waals surface area contributed by atoms with Crippen LogP contribution < -0.4 is 4.74 Å². The third-order valence-electron chi connectivity index (χ3n) is 3.86. The average molecular weight is 503 g/mol. The summed E-state index contributed by atoms with van der Waals surface area (Å²) < 4.78 is 5.95. The maximum absolute atomic E-state index is 12.7. The molecule has 0 spiro atoms. The summed E-state index contributed by atoms with van der Waals surface area (Å²) in [6.45, 7) is 2.28. The van der Waals surface area contributed by atoms with Gasteiger partial charge in [0.25, 0.3) is 11.1 Å². The van der Waals surface area contributed by atoms with Crippen LogP contribution in [0, 0.1) is 0 Å². The molecule has 28 heavy (non-hydrogen) atoms. The van der Waals surface area contributed by atoms with Crippen molar-refractivity contribution < 1.29 is 19.4 Å². The van der Waals surface area contributed by atoms with Crippen LogP contribution in [0.1, 0.15) is 18.1 Å². The molecular weight excluding hydrogens is 489 g/mol. The fourth-order valence-corrected chi connectivity index (χ4v) is 4.13. The van der Waals surface area contributed by atoms with Gasteiger partial charge in [0.1, 0.15) is 0 Å². The number of phenols is 1. The molecule has 0 aliphatic carbocycles. The molecule has 146 valence electrons. The second-order valence-corrected chi connectivity index (χ2v) is 8.45. The highest BCUT2D eigenvalue weighted by Crippen LogP contribution is 2.38. The molecule has 1 saturated heterocycles. The van der Waals surface area contributed by atoms with E-state index >= 15 is 0 Å². The van der Waals surface area contributed by atoms with Gasteiger partial charge in [0, 0.05) is 4.47 Å². The number of nitrogens with zero attached hydrogens (tertiary/aromatic N) is 1. The molecule has 2 aromatic rings. The fraction of sp³-hybridized carbons (Fsp3) is 0.158. The Balaban J connectivity index is 1.87. The number of halogens is 3. The molecule has 2 amide bonds. The van der Waals surface area contributed by atoms with Crippen LogP contribution >= 0.6 is 50.9 Å². The Morgan fingerprint density at radius 1 is 1.21 bits per heavy atom. The van der Waals surface area contributed by atoms with Crippen molar-refractivity contribution in [3.05, 3.63) is 60.9 Å². The van der Waals surface area contributed by atoms with Crippen molar-refractivity contribution in [3.8, 4) is 11.5 Å². The molecule has 0 atom stereocenters. The molecule has 1 heterocycles. The summed E-state index contributed by atoms with van der Waals surface area (Å²) in [5.74, 6) is -0.121. The number of aromatic hydroxyl groups is 1. The number of benzene rings is 2. The molecule has 0 aromatic heterocycles. The van der Waals surface area contributed by atoms with Crippen LogP contribution in [-0.4, -0.2) is 27.8 Å². The first-order valence-corrected chi connectivity index (χ1v) is 10.5. The van der Waals surface area contributed by atoms with Gasteiger partial charge in [-0.15, -0.1) is 0 Å². The van der Waals surface area contributed by atoms with E-state index < -0.39 is 5.91 Å². The second kappa shape index (κ2) is 8.78. The minimum absolute atomic E-state index is 0.0152. The van der Waals surface area contributed by atoms with Gasteiger partial charge in [-0.25, -0.2) is 0 Å². The summed E-state index contributed by atoms with van der Waals surface area (Å²) in [6.07, 6.45) is 1.59. The van der Waals surface area contributed by atoms with Crippen LogP contribution in [0.4, 0.5) is 4.79 Å². The standard InChI is InChI=1S/C19H14BrCl2NO4S/c1-2-27-16-6-11(12(20)8-15(16)24)7-17-18(25)23(19(26)28-17)9-10-3-4-13(21)14(22)5-10/h3-8,24H,2,9H2,1H3/b17-7+. The highest BCUT2D eigenvalue weighted by atomic mass is 79.9. The highest BCUT2D eigenvalue weighted by molar-refractivity contribution is 9.10. The van der Waals surface area contributed by atoms with Gasteiger partial charge in [0.2, 0.25) is 0 Å². The normalized spacial score (nSPS) is 15.6. The smallest absolute Gasteiger partial charge is 0.293 e. The van der Waals surface area contributed by atoms with Crippen LogP contribution in [0.5, 0.6) is 11.5 Å². The first kappa shape index (κ1) is 21.0. The van der Waals surface area contributed by atoms with Crippen molar-refractivity contribution in [2.24, 2.45) is 0 Å². The summed E-state index contributed by atoms with van der Waals surface area (Å²) in [5, 5.41) is 10.3. The molecule has 3 rings (SSSR count). The first-order valence-electron chi connectivity index (χ1n) is 8.14. The maximum atomic E-state index is 12.7. The van der Waals surface area contributed by atoms with Crippen molar-refractivity contribution in [2.75, 3.05) is 6.61 Å². The number of rotatable bonds is 5. The van der Waals surface area contributed by atoms with Crippen molar-refractivity contribution in [3.63, 3.8) is 0 Å². The van der Waals surface area contributed by atoms with E-state index in [9.17, 15) is 14.7 Å². The van der Waals surface area contributed by atoms with Gasteiger partial charge in [-0.2, -0.15) is 0 Å². The van der Waals surface area contributed by atoms with E-state index in [0.29, 0.717) is 38.0 Å². The van der Waals surface area contributed by atoms with Gasteiger partial charge in [-0.1, -0.05) is 45.2 Å². The highest BCUT2D eigenvalue weighted by Gasteiger charge is 2.35. The van der Waals surface area contributed by atoms with Gasteiger partial charge in [0.15, 0.2) is 11.5 Å². The molecule has 2 aromatic carbocycles. The molecule has 0 radical (unpaired) electrons. The zero-order chi connectivity index (χ0) is 20.4. The number of carbonyl (C=O) groups excluding carboxylic acids is 2. The van der Waals surface area contributed by atoms with E-state index in [4.69, 9.17) is 27.9 Å². The lowest BCUT2D eigenvalue weighted by molar-refractivity contribution is -0.123. The van der Waals surface area contributed by atoms with Crippen LogP contribution in [-0.2, 0) is 11.3 Å². The van der Waals surface area contributed by atoms with Crippen molar-refractivity contribution in [1.82, 2.24) is 4.90 Å². The van der Waals surface area contributed by atoms with Crippen molar-refractivity contribution in [1.29, 1.82) is 0 Å². The Kier molecular flexibility index (Phi) is 6.60. The molecule has 0 unspecified atom stereocenters. The third-order valence-corrected chi connectivity index (χ3v) is 6.20. The topological polar surface area (TPSA) is 66.8 Å². The number of imide groups is 1. The average Bonchev–Trinajstić information content (AvgIpc) is 2.90. The van der Waals surface area contributed by atoms with Crippen LogP contribution in [0.2, 0.25) is 10.0 Å². The summed E-state index contributed by atoms with van der Waals surface area (Å²) in [6, 6.07) is 8.05. The number of ether oxygens (including phenoxy) is 1. The van der Waals surface area contributed by atoms with Gasteiger partial charge in [-0.3, -0.25) is 14.5 Å². The molecule has 5 nitrogen and oxygen atoms in total. The zero-order valence-corrected chi connectivity index (χ0v) is 18.5. The lowest BCUT2D eigenvalue weighted by Gasteiger charge is -2.13. The Labute approximate surface area is 184 Å². The van der Waals surface area contributed by atoms with Crippen molar-refractivity contribution >= 4 is 68.1 Å². The van der Waals surface area contributed by atoms with E-state index in [0.717, 1.165) is 16.7 Å². The van der Waals surface area contributed by atoms with E-state index in [2.05, 4.69) is 15.9 Å². The zero-order valence-electron chi connectivity index (χ0n) is 14.5. The fourth-order valence-electron chi connectivity index (χ4n) is 2.54. The van der Waals surface area contributed by atoms with Crippen LogP contribution in [0.15, 0.2) is 39.7 Å². The molecule has 1 aliphatic rings. The largest absolute Gasteiger partial charge is 0.504 e. The Morgan fingerprint density at radius 3 is 2.64 bits per heavy atom. The van der Waals surface area contributed by atoms with Gasteiger partial charge < -0.3 is 9.84 Å². The summed E-state index contributed by atoms with van der Waals surface area (Å²) in [4.78, 5) is 26.5. The lowest BCUT2D eigenvalue weighted by atomic mass is 10.1. The lowest BCUT2D eigenvalue weighted by Crippen LogP contribution is -2.27. The maximum Gasteiger partial charge on any atom is 0.293 e. The molecule has 1 fully saturated rings. The van der Waals surface area contributed by atoms with Gasteiger partial charge in [0.05, 0.1) is 28.1 Å². The van der Waals surface area contributed by atoms with E-state index in [1.54, 1.807) is 37.3 Å². The van der Waals surface area contributed by atoms with Crippen LogP contribution in [0.3, 0.4) is 0 Å². The molecule has 1 N–H and O–H groups in total. The number of hydrogen-bond acceptors (Lipinski definition) is 5. The van der Waals surface area contributed by atoms with Gasteiger partial charge >= 0.3 is 0 Å². The summed E-state index contributed by atoms with van der Waals surface area (Å²) in [7, 11) is 0. The Hall–Kier alpha value is -1.67. The van der Waals surface area contributed by atoms with Gasteiger partial charge in [-0.05, 0) is 60.2 Å². The SMILES string of the molecule is CCOc1cc(/C=C2/SC(=O)N(Cc3ccc(Cl)c(Cl)c3)C2=O)c(Br)cc1O. The third kappa shape index (κ3) is 4.49. The number of carbonyl (C=O) groups is 2. The summed E-state index contributed by atoms with van der Waals surface area (Å²) in [5.41, 5.74) is 1.31.